The van der Waals surface area contributed by atoms with Crippen LogP contribution in [-0.2, 0) is 29.2 Å². The highest BCUT2D eigenvalue weighted by atomic mass is 35.5. The summed E-state index contributed by atoms with van der Waals surface area (Å²) in [4.78, 5) is 11.2. The van der Waals surface area contributed by atoms with Crippen molar-refractivity contribution in [3.8, 4) is 0 Å². The standard InChI is InChI=1S/C16H17ClN2O2/c17-15-4-2-1-3-14(15)11-21-10-13-7-5-12(6-8-13)9-16(20)19-18/h1-8H,9-11,18H2,(H,19,20). The predicted octanol–water partition coefficient (Wildman–Crippen LogP) is 2.59. The average Bonchev–Trinajstić information content (AvgIpc) is 2.51. The lowest BCUT2D eigenvalue weighted by atomic mass is 10.1. The fraction of sp³-hybridized carbons (Fsp3) is 0.188. The lowest BCUT2D eigenvalue weighted by molar-refractivity contribution is -0.120. The molecule has 2 aromatic carbocycles. The first-order chi connectivity index (χ1) is 10.2. The van der Waals surface area contributed by atoms with Gasteiger partial charge in [0.05, 0.1) is 19.6 Å². The lowest BCUT2D eigenvalue weighted by Gasteiger charge is -2.07. The Morgan fingerprint density at radius 3 is 2.38 bits per heavy atom. The van der Waals surface area contributed by atoms with E-state index in [0.717, 1.165) is 16.7 Å². The molecule has 0 saturated carbocycles. The zero-order chi connectivity index (χ0) is 15.1. The second-order valence-electron chi connectivity index (χ2n) is 4.64. The van der Waals surface area contributed by atoms with E-state index in [9.17, 15) is 4.79 Å². The third-order valence-electron chi connectivity index (χ3n) is 3.03. The van der Waals surface area contributed by atoms with Gasteiger partial charge in [-0.2, -0.15) is 0 Å². The summed E-state index contributed by atoms with van der Waals surface area (Å²) in [6.45, 7) is 0.964. The number of nitrogens with one attached hydrogen (secondary N) is 1. The number of halogens is 1. The van der Waals surface area contributed by atoms with Gasteiger partial charge in [-0.05, 0) is 22.8 Å². The fourth-order valence-electron chi connectivity index (χ4n) is 1.88. The second kappa shape index (κ2) is 7.78. The zero-order valence-corrected chi connectivity index (χ0v) is 12.3. The maximum atomic E-state index is 11.2. The normalized spacial score (nSPS) is 10.4. The highest BCUT2D eigenvalue weighted by Gasteiger charge is 2.02. The topological polar surface area (TPSA) is 64.3 Å². The van der Waals surface area contributed by atoms with E-state index in [0.29, 0.717) is 18.2 Å². The van der Waals surface area contributed by atoms with Crippen LogP contribution in [0.2, 0.25) is 5.02 Å². The maximum Gasteiger partial charge on any atom is 0.238 e. The molecule has 4 nitrogen and oxygen atoms in total. The molecule has 0 spiro atoms. The van der Waals surface area contributed by atoms with Gasteiger partial charge >= 0.3 is 0 Å². The third kappa shape index (κ3) is 4.86. The summed E-state index contributed by atoms with van der Waals surface area (Å²) in [6, 6.07) is 15.3. The molecule has 2 aromatic rings. The first kappa shape index (κ1) is 15.5. The van der Waals surface area contributed by atoms with Crippen molar-refractivity contribution in [3.63, 3.8) is 0 Å². The Morgan fingerprint density at radius 2 is 1.71 bits per heavy atom. The number of hydrogen-bond acceptors (Lipinski definition) is 3. The van der Waals surface area contributed by atoms with Crippen molar-refractivity contribution in [2.75, 3.05) is 0 Å². The van der Waals surface area contributed by atoms with Gasteiger partial charge < -0.3 is 4.74 Å². The van der Waals surface area contributed by atoms with E-state index < -0.39 is 0 Å². The summed E-state index contributed by atoms with van der Waals surface area (Å²) >= 11 is 6.06. The van der Waals surface area contributed by atoms with Crippen LogP contribution in [0.1, 0.15) is 16.7 Å². The van der Waals surface area contributed by atoms with Crippen molar-refractivity contribution >= 4 is 17.5 Å². The van der Waals surface area contributed by atoms with Crippen molar-refractivity contribution in [2.45, 2.75) is 19.6 Å². The number of benzene rings is 2. The zero-order valence-electron chi connectivity index (χ0n) is 11.5. The molecule has 0 heterocycles. The van der Waals surface area contributed by atoms with Gasteiger partial charge in [0.2, 0.25) is 5.91 Å². The monoisotopic (exact) mass is 304 g/mol. The van der Waals surface area contributed by atoms with Crippen molar-refractivity contribution in [2.24, 2.45) is 5.84 Å². The van der Waals surface area contributed by atoms with Crippen molar-refractivity contribution in [1.82, 2.24) is 5.43 Å². The molecular weight excluding hydrogens is 288 g/mol. The van der Waals surface area contributed by atoms with E-state index in [4.69, 9.17) is 22.2 Å². The minimum absolute atomic E-state index is 0.210. The fourth-order valence-corrected chi connectivity index (χ4v) is 2.07. The Kier molecular flexibility index (Phi) is 5.75. The van der Waals surface area contributed by atoms with Gasteiger partial charge in [-0.25, -0.2) is 5.84 Å². The molecule has 0 unspecified atom stereocenters. The van der Waals surface area contributed by atoms with E-state index in [1.807, 2.05) is 48.5 Å². The first-order valence-electron chi connectivity index (χ1n) is 6.57. The van der Waals surface area contributed by atoms with Crippen LogP contribution in [-0.4, -0.2) is 5.91 Å². The number of rotatable bonds is 6. The van der Waals surface area contributed by atoms with Crippen LogP contribution in [0.15, 0.2) is 48.5 Å². The molecule has 0 aromatic heterocycles. The smallest absolute Gasteiger partial charge is 0.238 e. The van der Waals surface area contributed by atoms with E-state index in [2.05, 4.69) is 5.43 Å². The number of hydrazine groups is 1. The van der Waals surface area contributed by atoms with E-state index in [1.54, 1.807) is 0 Å². The number of carbonyl (C=O) groups is 1. The highest BCUT2D eigenvalue weighted by Crippen LogP contribution is 2.16. The minimum Gasteiger partial charge on any atom is -0.372 e. The van der Waals surface area contributed by atoms with Gasteiger partial charge in [-0.1, -0.05) is 54.1 Å². The second-order valence-corrected chi connectivity index (χ2v) is 5.05. The molecule has 0 radical (unpaired) electrons. The van der Waals surface area contributed by atoms with E-state index in [1.165, 1.54) is 0 Å². The molecule has 3 N–H and O–H groups in total. The Morgan fingerprint density at radius 1 is 1.05 bits per heavy atom. The quantitative estimate of drug-likeness (QED) is 0.490. The summed E-state index contributed by atoms with van der Waals surface area (Å²) in [5.41, 5.74) is 5.03. The van der Waals surface area contributed by atoms with E-state index >= 15 is 0 Å². The molecule has 0 fully saturated rings. The Bertz CT molecular complexity index is 599. The molecule has 5 heteroatoms. The van der Waals surface area contributed by atoms with Crippen LogP contribution < -0.4 is 11.3 Å². The van der Waals surface area contributed by atoms with Crippen LogP contribution >= 0.6 is 11.6 Å². The van der Waals surface area contributed by atoms with Crippen molar-refractivity contribution < 1.29 is 9.53 Å². The summed E-state index contributed by atoms with van der Waals surface area (Å²) < 4.78 is 5.64. The number of amides is 1. The van der Waals surface area contributed by atoms with Gasteiger partial charge in [0, 0.05) is 5.02 Å². The van der Waals surface area contributed by atoms with Gasteiger partial charge in [0.1, 0.15) is 0 Å². The van der Waals surface area contributed by atoms with Crippen LogP contribution in [0.25, 0.3) is 0 Å². The van der Waals surface area contributed by atoms with Crippen LogP contribution in [0.4, 0.5) is 0 Å². The van der Waals surface area contributed by atoms with Gasteiger partial charge in [0.15, 0.2) is 0 Å². The predicted molar refractivity (Wildman–Crippen MR) is 82.4 cm³/mol. The summed E-state index contributed by atoms with van der Waals surface area (Å²) in [6.07, 6.45) is 0.275. The van der Waals surface area contributed by atoms with E-state index in [-0.39, 0.29) is 12.3 Å². The summed E-state index contributed by atoms with van der Waals surface area (Å²) in [5, 5.41) is 0.709. The van der Waals surface area contributed by atoms with Gasteiger partial charge in [-0.3, -0.25) is 10.2 Å². The number of carbonyl (C=O) groups excluding carboxylic acids is 1. The number of hydrogen-bond donors (Lipinski definition) is 2. The van der Waals surface area contributed by atoms with Crippen molar-refractivity contribution in [1.29, 1.82) is 0 Å². The molecule has 0 aliphatic carbocycles. The lowest BCUT2D eigenvalue weighted by Crippen LogP contribution is -2.31. The Labute approximate surface area is 128 Å². The molecule has 0 bridgehead atoms. The SMILES string of the molecule is NNC(=O)Cc1ccc(COCc2ccccc2Cl)cc1. The van der Waals surface area contributed by atoms with Crippen LogP contribution in [0.3, 0.4) is 0 Å². The first-order valence-corrected chi connectivity index (χ1v) is 6.95. The Balaban J connectivity index is 1.84. The van der Waals surface area contributed by atoms with Crippen LogP contribution in [0, 0.1) is 0 Å². The molecule has 110 valence electrons. The molecule has 0 aliphatic rings. The molecule has 0 atom stereocenters. The van der Waals surface area contributed by atoms with Crippen LogP contribution in [0.5, 0.6) is 0 Å². The molecule has 1 amide bonds. The largest absolute Gasteiger partial charge is 0.372 e. The maximum absolute atomic E-state index is 11.2. The molecule has 2 rings (SSSR count). The number of nitrogens with two attached hydrogens (primary N) is 1. The average molecular weight is 305 g/mol. The number of ether oxygens (including phenoxy) is 1. The highest BCUT2D eigenvalue weighted by molar-refractivity contribution is 6.31. The summed E-state index contributed by atoms with van der Waals surface area (Å²) in [7, 11) is 0. The molecule has 21 heavy (non-hydrogen) atoms. The molecular formula is C16H17ClN2O2. The molecule has 0 aliphatic heterocycles. The Hall–Kier alpha value is -1.88. The summed E-state index contributed by atoms with van der Waals surface area (Å²) in [5.74, 6) is 4.84. The van der Waals surface area contributed by atoms with Gasteiger partial charge in [-0.15, -0.1) is 0 Å². The third-order valence-corrected chi connectivity index (χ3v) is 3.40. The van der Waals surface area contributed by atoms with Crippen molar-refractivity contribution in [3.05, 3.63) is 70.2 Å². The molecule has 0 saturated heterocycles. The minimum atomic E-state index is -0.210. The van der Waals surface area contributed by atoms with Gasteiger partial charge in [0.25, 0.3) is 0 Å².